The van der Waals surface area contributed by atoms with Gasteiger partial charge in [0, 0.05) is 57.2 Å². The van der Waals surface area contributed by atoms with E-state index in [0.29, 0.717) is 16.8 Å². The van der Waals surface area contributed by atoms with Crippen LogP contribution < -0.4 is 0 Å². The Morgan fingerprint density at radius 1 is 0.359 bits per heavy atom. The van der Waals surface area contributed by atoms with E-state index in [1.807, 2.05) is 48.7 Å². The lowest BCUT2D eigenvalue weighted by Gasteiger charge is -2.18. The molecule has 0 fully saturated rings. The molecule has 304 valence electrons. The zero-order valence-electron chi connectivity index (χ0n) is 34.9. The molecule has 3 heterocycles. The van der Waals surface area contributed by atoms with E-state index < -0.39 is 5.82 Å². The molecule has 11 aromatic rings. The fraction of sp³-hybridized carbons (Fsp3) is 0.0169. The first-order valence-electron chi connectivity index (χ1n) is 21.3. The molecule has 3 aromatic heterocycles. The van der Waals surface area contributed by atoms with Crippen LogP contribution in [-0.4, -0.2) is 14.5 Å². The Kier molecular flexibility index (Phi) is 9.78. The lowest BCUT2D eigenvalue weighted by Crippen LogP contribution is -1.96. The van der Waals surface area contributed by atoms with E-state index in [4.69, 9.17) is 4.98 Å². The van der Waals surface area contributed by atoms with E-state index in [1.54, 1.807) is 18.3 Å². The van der Waals surface area contributed by atoms with Crippen LogP contribution in [0.2, 0.25) is 0 Å². The van der Waals surface area contributed by atoms with Gasteiger partial charge in [-0.1, -0.05) is 140 Å². The Labute approximate surface area is 370 Å². The number of hydrogen-bond donors (Lipinski definition) is 0. The molecule has 64 heavy (non-hydrogen) atoms. The molecule has 5 heteroatoms. The van der Waals surface area contributed by atoms with Crippen LogP contribution in [-0.2, 0) is 0 Å². The van der Waals surface area contributed by atoms with Crippen molar-refractivity contribution >= 4 is 21.8 Å². The summed E-state index contributed by atoms with van der Waals surface area (Å²) in [5, 5.41) is 2.46. The van der Waals surface area contributed by atoms with Gasteiger partial charge in [-0.3, -0.25) is 9.97 Å². The first-order valence-corrected chi connectivity index (χ1v) is 21.3. The highest BCUT2D eigenvalue weighted by Crippen LogP contribution is 2.43. The van der Waals surface area contributed by atoms with E-state index in [2.05, 4.69) is 150 Å². The van der Waals surface area contributed by atoms with Crippen molar-refractivity contribution in [2.75, 3.05) is 0 Å². The van der Waals surface area contributed by atoms with Crippen LogP contribution in [0.4, 0.5) is 8.78 Å². The molecular formula is C59H39F2N3. The number of nitrogens with zero attached hydrogens (tertiary/aromatic N) is 3. The Bertz CT molecular complexity index is 3460. The van der Waals surface area contributed by atoms with Crippen molar-refractivity contribution in [3.05, 3.63) is 236 Å². The van der Waals surface area contributed by atoms with Crippen LogP contribution in [0.25, 0.3) is 106 Å². The largest absolute Gasteiger partial charge is 0.309 e. The molecule has 0 bridgehead atoms. The number of pyridine rings is 2. The maximum Gasteiger partial charge on any atom is 0.134 e. The zero-order valence-corrected chi connectivity index (χ0v) is 34.9. The summed E-state index contributed by atoms with van der Waals surface area (Å²) in [6.07, 6.45) is 3.58. The third-order valence-corrected chi connectivity index (χ3v) is 12.1. The summed E-state index contributed by atoms with van der Waals surface area (Å²) in [4.78, 5) is 9.69. The average Bonchev–Trinajstić information content (AvgIpc) is 3.68. The highest BCUT2D eigenvalue weighted by atomic mass is 19.1. The van der Waals surface area contributed by atoms with Crippen LogP contribution in [0.1, 0.15) is 5.56 Å². The van der Waals surface area contributed by atoms with E-state index in [9.17, 15) is 4.39 Å². The van der Waals surface area contributed by atoms with Crippen molar-refractivity contribution in [1.82, 2.24) is 14.5 Å². The maximum atomic E-state index is 16.1. The van der Waals surface area contributed by atoms with Gasteiger partial charge in [0.2, 0.25) is 0 Å². The number of halogens is 2. The molecule has 11 rings (SSSR count). The van der Waals surface area contributed by atoms with Gasteiger partial charge in [-0.25, -0.2) is 8.78 Å². The van der Waals surface area contributed by atoms with Crippen LogP contribution in [0.15, 0.2) is 219 Å². The number of rotatable bonds is 8. The number of benzene rings is 8. The molecule has 8 aromatic carbocycles. The SMILES string of the molecule is Cc1cc(-c2ccccc2-c2cnc(-c3ccc(F)cc3)cc2F)cc(-c2ccccc2-c2cnc(-c3ccccc3)cc2-c2ccc(-n3c4ccccc4c4ccccc43)cc2)c1. The fourth-order valence-corrected chi connectivity index (χ4v) is 9.11. The Morgan fingerprint density at radius 3 is 1.45 bits per heavy atom. The van der Waals surface area contributed by atoms with Gasteiger partial charge in [0.05, 0.1) is 22.4 Å². The second-order valence-electron chi connectivity index (χ2n) is 16.1. The summed E-state index contributed by atoms with van der Waals surface area (Å²) in [6.45, 7) is 2.10. The van der Waals surface area contributed by atoms with Crippen molar-refractivity contribution in [3.63, 3.8) is 0 Å². The summed E-state index contributed by atoms with van der Waals surface area (Å²) in [7, 11) is 0. The standard InChI is InChI=1S/C59H39F2N3/c1-38-31-42(33-43(32-38)47-16-6-8-18-49(47)54-37-63-57(35-55(54)61)41-23-27-44(60)28-24-41)46-15-5-7-17-48(46)53-36-62-56(40-13-3-2-4-14-40)34-52(53)39-25-29-45(30-26-39)64-58-21-11-9-19-50(58)51-20-10-12-22-59(51)64/h2-37H,1H3. The van der Waals surface area contributed by atoms with E-state index >= 15 is 4.39 Å². The molecule has 3 nitrogen and oxygen atoms in total. The predicted octanol–water partition coefficient (Wildman–Crippen LogP) is 15.8. The maximum absolute atomic E-state index is 16.1. The number of aryl methyl sites for hydroxylation is 1. The fourth-order valence-electron chi connectivity index (χ4n) is 9.11. The summed E-state index contributed by atoms with van der Waals surface area (Å²) >= 11 is 0. The molecule has 0 unspecified atom stereocenters. The smallest absolute Gasteiger partial charge is 0.134 e. The molecule has 0 spiro atoms. The third kappa shape index (κ3) is 7.03. The molecular weight excluding hydrogens is 789 g/mol. The molecule has 0 N–H and O–H groups in total. The molecule has 0 saturated heterocycles. The van der Waals surface area contributed by atoms with Crippen LogP contribution in [0.3, 0.4) is 0 Å². The van der Waals surface area contributed by atoms with E-state index in [-0.39, 0.29) is 5.82 Å². The predicted molar refractivity (Wildman–Crippen MR) is 259 cm³/mol. The Morgan fingerprint density at radius 2 is 0.844 bits per heavy atom. The molecule has 0 aliphatic heterocycles. The highest BCUT2D eigenvalue weighted by molar-refractivity contribution is 6.09. The van der Waals surface area contributed by atoms with Gasteiger partial charge < -0.3 is 4.57 Å². The van der Waals surface area contributed by atoms with E-state index in [0.717, 1.165) is 72.6 Å². The summed E-state index contributed by atoms with van der Waals surface area (Å²) in [6, 6.07) is 68.8. The number of aromatic nitrogens is 3. The lowest BCUT2D eigenvalue weighted by molar-refractivity contribution is 0.627. The molecule has 0 radical (unpaired) electrons. The van der Waals surface area contributed by atoms with Gasteiger partial charge in [-0.05, 0) is 118 Å². The summed E-state index contributed by atoms with van der Waals surface area (Å²) < 4.78 is 32.0. The Hall–Kier alpha value is -8.28. The monoisotopic (exact) mass is 827 g/mol. The van der Waals surface area contributed by atoms with Gasteiger partial charge in [-0.15, -0.1) is 0 Å². The second-order valence-corrected chi connectivity index (χ2v) is 16.1. The molecule has 0 amide bonds. The second kappa shape index (κ2) is 16.2. The van der Waals surface area contributed by atoms with Crippen LogP contribution in [0.5, 0.6) is 0 Å². The van der Waals surface area contributed by atoms with Gasteiger partial charge in [-0.2, -0.15) is 0 Å². The summed E-state index contributed by atoms with van der Waals surface area (Å²) in [5.41, 5.74) is 16.8. The lowest BCUT2D eigenvalue weighted by atomic mass is 9.87. The number of para-hydroxylation sites is 2. The van der Waals surface area contributed by atoms with Crippen LogP contribution >= 0.6 is 0 Å². The normalized spacial score (nSPS) is 11.4. The third-order valence-electron chi connectivity index (χ3n) is 12.1. The Balaban J connectivity index is 1.02. The molecule has 0 aliphatic carbocycles. The van der Waals surface area contributed by atoms with Crippen molar-refractivity contribution in [3.8, 4) is 83.8 Å². The first-order chi connectivity index (χ1) is 31.5. The van der Waals surface area contributed by atoms with Crippen molar-refractivity contribution < 1.29 is 8.78 Å². The van der Waals surface area contributed by atoms with Gasteiger partial charge in [0.1, 0.15) is 11.6 Å². The van der Waals surface area contributed by atoms with E-state index in [1.165, 1.54) is 40.0 Å². The highest BCUT2D eigenvalue weighted by Gasteiger charge is 2.19. The van der Waals surface area contributed by atoms with Crippen LogP contribution in [0, 0.1) is 18.6 Å². The molecule has 0 aliphatic rings. The van der Waals surface area contributed by atoms with Gasteiger partial charge in [0.15, 0.2) is 0 Å². The minimum Gasteiger partial charge on any atom is -0.309 e. The quantitative estimate of drug-likeness (QED) is 0.153. The topological polar surface area (TPSA) is 30.7 Å². The molecule has 0 saturated carbocycles. The zero-order chi connectivity index (χ0) is 43.1. The summed E-state index contributed by atoms with van der Waals surface area (Å²) in [5.74, 6) is -0.753. The minimum atomic E-state index is -0.401. The minimum absolute atomic E-state index is 0.352. The van der Waals surface area contributed by atoms with Crippen molar-refractivity contribution in [1.29, 1.82) is 0 Å². The number of fused-ring (bicyclic) bond motifs is 3. The molecule has 0 atom stereocenters. The van der Waals surface area contributed by atoms with Crippen molar-refractivity contribution in [2.24, 2.45) is 0 Å². The van der Waals surface area contributed by atoms with Gasteiger partial charge >= 0.3 is 0 Å². The average molecular weight is 828 g/mol. The first kappa shape index (κ1) is 38.6. The van der Waals surface area contributed by atoms with Crippen molar-refractivity contribution in [2.45, 2.75) is 6.92 Å². The number of hydrogen-bond acceptors (Lipinski definition) is 2. The van der Waals surface area contributed by atoms with Gasteiger partial charge in [0.25, 0.3) is 0 Å².